The van der Waals surface area contributed by atoms with Gasteiger partial charge in [0, 0.05) is 16.8 Å². The molecule has 2 N–H and O–H groups in total. The minimum absolute atomic E-state index is 0.0693. The summed E-state index contributed by atoms with van der Waals surface area (Å²) in [4.78, 5) is 17.8. The minimum Gasteiger partial charge on any atom is -0.421 e. The van der Waals surface area contributed by atoms with E-state index < -0.39 is 6.72 Å². The smallest absolute Gasteiger partial charge is 0.375 e. The average Bonchev–Trinajstić information content (AvgIpc) is 1.95. The standard InChI is InChI=1S/C6H4Cl3O3PS/c7-3-1-4(8)6(5(9)2-3)12-13(10,11)14/h1-2H,(H2,10,11,14). The molecule has 14 heavy (non-hydrogen) atoms. The van der Waals surface area contributed by atoms with Gasteiger partial charge in [0.2, 0.25) is 0 Å². The van der Waals surface area contributed by atoms with Gasteiger partial charge >= 0.3 is 6.72 Å². The second-order valence-corrected chi connectivity index (χ2v) is 6.12. The first kappa shape index (κ1) is 12.5. The molecule has 0 amide bonds. The van der Waals surface area contributed by atoms with Crippen molar-refractivity contribution >= 4 is 53.3 Å². The zero-order chi connectivity index (χ0) is 10.9. The fraction of sp³-hybridized carbons (Fsp3) is 0. The summed E-state index contributed by atoms with van der Waals surface area (Å²) in [5.74, 6) is -0.0777. The van der Waals surface area contributed by atoms with Crippen LogP contribution >= 0.6 is 41.5 Å². The number of hydrogen-bond acceptors (Lipinski definition) is 2. The summed E-state index contributed by atoms with van der Waals surface area (Å²) < 4.78 is 4.63. The van der Waals surface area contributed by atoms with Gasteiger partial charge in [0.05, 0.1) is 10.0 Å². The van der Waals surface area contributed by atoms with Crippen LogP contribution in [-0.4, -0.2) is 9.79 Å². The van der Waals surface area contributed by atoms with E-state index in [4.69, 9.17) is 44.6 Å². The minimum atomic E-state index is -3.84. The molecule has 0 atom stereocenters. The van der Waals surface area contributed by atoms with Crippen molar-refractivity contribution in [3.8, 4) is 5.75 Å². The quantitative estimate of drug-likeness (QED) is 0.822. The Morgan fingerprint density at radius 3 is 1.93 bits per heavy atom. The lowest BCUT2D eigenvalue weighted by Crippen LogP contribution is -1.91. The highest BCUT2D eigenvalue weighted by Crippen LogP contribution is 2.45. The summed E-state index contributed by atoms with van der Waals surface area (Å²) >= 11 is 21.3. The van der Waals surface area contributed by atoms with Crippen LogP contribution in [0.3, 0.4) is 0 Å². The van der Waals surface area contributed by atoms with E-state index >= 15 is 0 Å². The summed E-state index contributed by atoms with van der Waals surface area (Å²) in [5.41, 5.74) is 0. The third kappa shape index (κ3) is 3.55. The summed E-state index contributed by atoms with van der Waals surface area (Å²) in [6, 6.07) is 2.71. The van der Waals surface area contributed by atoms with Gasteiger partial charge in [-0.15, -0.1) is 0 Å². The molecule has 0 aliphatic rings. The Balaban J connectivity index is 3.15. The summed E-state index contributed by atoms with van der Waals surface area (Å²) in [6.45, 7) is -3.84. The number of halogens is 3. The summed E-state index contributed by atoms with van der Waals surface area (Å²) in [7, 11) is 0. The van der Waals surface area contributed by atoms with E-state index in [2.05, 4.69) is 16.3 Å². The van der Waals surface area contributed by atoms with E-state index in [-0.39, 0.29) is 15.8 Å². The average molecular weight is 293 g/mol. The molecule has 0 aliphatic heterocycles. The van der Waals surface area contributed by atoms with Crippen molar-refractivity contribution < 1.29 is 14.3 Å². The second-order valence-electron chi connectivity index (χ2n) is 2.28. The predicted molar refractivity (Wildman–Crippen MR) is 60.8 cm³/mol. The largest absolute Gasteiger partial charge is 0.421 e. The van der Waals surface area contributed by atoms with Gasteiger partial charge in [0.15, 0.2) is 5.75 Å². The van der Waals surface area contributed by atoms with Crippen LogP contribution in [0.1, 0.15) is 0 Å². The summed E-state index contributed by atoms with van der Waals surface area (Å²) in [5, 5.41) is 0.455. The van der Waals surface area contributed by atoms with Gasteiger partial charge in [-0.2, -0.15) is 0 Å². The van der Waals surface area contributed by atoms with Gasteiger partial charge < -0.3 is 14.3 Å². The molecule has 0 spiro atoms. The van der Waals surface area contributed by atoms with Crippen molar-refractivity contribution in [2.75, 3.05) is 0 Å². The molecule has 1 aromatic carbocycles. The van der Waals surface area contributed by atoms with Crippen molar-refractivity contribution in [2.45, 2.75) is 0 Å². The molecule has 0 bridgehead atoms. The fourth-order valence-corrected chi connectivity index (χ4v) is 2.39. The van der Waals surface area contributed by atoms with Crippen molar-refractivity contribution in [1.82, 2.24) is 0 Å². The van der Waals surface area contributed by atoms with Crippen molar-refractivity contribution in [2.24, 2.45) is 0 Å². The SMILES string of the molecule is OP(O)(=S)Oc1c(Cl)cc(Cl)cc1Cl. The van der Waals surface area contributed by atoms with Crippen LogP contribution in [0.15, 0.2) is 12.1 Å². The molecular weight excluding hydrogens is 289 g/mol. The van der Waals surface area contributed by atoms with Crippen molar-refractivity contribution in [3.05, 3.63) is 27.2 Å². The van der Waals surface area contributed by atoms with Gasteiger partial charge in [0.1, 0.15) is 0 Å². The molecule has 0 aromatic heterocycles. The topological polar surface area (TPSA) is 49.7 Å². The molecule has 0 aliphatic carbocycles. The van der Waals surface area contributed by atoms with E-state index in [0.717, 1.165) is 0 Å². The van der Waals surface area contributed by atoms with Crippen LogP contribution in [0, 0.1) is 0 Å². The predicted octanol–water partition coefficient (Wildman–Crippen LogP) is 3.23. The Bertz CT molecular complexity index is 382. The normalized spacial score (nSPS) is 11.5. The maximum absolute atomic E-state index is 8.90. The third-order valence-electron chi connectivity index (χ3n) is 1.17. The Morgan fingerprint density at radius 1 is 1.14 bits per heavy atom. The number of hydrogen-bond donors (Lipinski definition) is 2. The molecule has 0 saturated heterocycles. The second kappa shape index (κ2) is 4.54. The molecule has 0 fully saturated rings. The summed E-state index contributed by atoms with van der Waals surface area (Å²) in [6.07, 6.45) is 0. The maximum Gasteiger partial charge on any atom is 0.375 e. The van der Waals surface area contributed by atoms with E-state index in [0.29, 0.717) is 5.02 Å². The van der Waals surface area contributed by atoms with Crippen LogP contribution in [0.5, 0.6) is 5.75 Å². The Morgan fingerprint density at radius 2 is 1.57 bits per heavy atom. The highest BCUT2D eigenvalue weighted by atomic mass is 35.5. The zero-order valence-corrected chi connectivity index (χ0v) is 10.4. The number of rotatable bonds is 2. The molecule has 0 unspecified atom stereocenters. The molecule has 78 valence electrons. The molecule has 1 rings (SSSR count). The number of benzene rings is 1. The van der Waals surface area contributed by atoms with Gasteiger partial charge in [-0.1, -0.05) is 34.8 Å². The monoisotopic (exact) mass is 292 g/mol. The van der Waals surface area contributed by atoms with Crippen molar-refractivity contribution in [1.29, 1.82) is 0 Å². The van der Waals surface area contributed by atoms with Gasteiger partial charge in [-0.05, 0) is 12.1 Å². The molecule has 0 heterocycles. The molecule has 3 nitrogen and oxygen atoms in total. The molecule has 8 heteroatoms. The van der Waals surface area contributed by atoms with Gasteiger partial charge in [-0.3, -0.25) is 0 Å². The van der Waals surface area contributed by atoms with Crippen LogP contribution in [-0.2, 0) is 11.8 Å². The lowest BCUT2D eigenvalue weighted by Gasteiger charge is -2.12. The molecule has 0 radical (unpaired) electrons. The fourth-order valence-electron chi connectivity index (χ4n) is 0.735. The molecule has 0 saturated carbocycles. The maximum atomic E-state index is 8.90. The van der Waals surface area contributed by atoms with Gasteiger partial charge in [0.25, 0.3) is 0 Å². The first-order chi connectivity index (χ1) is 6.29. The van der Waals surface area contributed by atoms with Crippen LogP contribution in [0.2, 0.25) is 15.1 Å². The molecule has 1 aromatic rings. The first-order valence-electron chi connectivity index (χ1n) is 3.19. The molecular formula is C6H4Cl3O3PS. The van der Waals surface area contributed by atoms with E-state index in [1.54, 1.807) is 0 Å². The third-order valence-corrected chi connectivity index (χ3v) is 2.60. The zero-order valence-electron chi connectivity index (χ0n) is 6.45. The van der Waals surface area contributed by atoms with Gasteiger partial charge in [-0.25, -0.2) is 0 Å². The van der Waals surface area contributed by atoms with E-state index in [1.807, 2.05) is 0 Å². The lowest BCUT2D eigenvalue weighted by atomic mass is 10.3. The highest BCUT2D eigenvalue weighted by Gasteiger charge is 2.16. The van der Waals surface area contributed by atoms with E-state index in [1.165, 1.54) is 12.1 Å². The van der Waals surface area contributed by atoms with Crippen LogP contribution < -0.4 is 4.52 Å². The Hall–Kier alpha value is 0.460. The van der Waals surface area contributed by atoms with E-state index in [9.17, 15) is 0 Å². The Labute approximate surface area is 100 Å². The van der Waals surface area contributed by atoms with Crippen LogP contribution in [0.4, 0.5) is 0 Å². The Kier molecular flexibility index (Phi) is 4.06. The first-order valence-corrected chi connectivity index (χ1v) is 6.95. The van der Waals surface area contributed by atoms with Crippen molar-refractivity contribution in [3.63, 3.8) is 0 Å². The lowest BCUT2D eigenvalue weighted by molar-refractivity contribution is 0.371. The highest BCUT2D eigenvalue weighted by molar-refractivity contribution is 8.06. The van der Waals surface area contributed by atoms with Crippen LogP contribution in [0.25, 0.3) is 0 Å².